The first-order valence-corrected chi connectivity index (χ1v) is 3.65. The summed E-state index contributed by atoms with van der Waals surface area (Å²) in [5.74, 6) is -0.116. The van der Waals surface area contributed by atoms with Gasteiger partial charge in [0, 0.05) is 0 Å². The lowest BCUT2D eigenvalue weighted by atomic mass is 10.5. The molecule has 0 aromatic heterocycles. The highest BCUT2D eigenvalue weighted by Gasteiger charge is 1.84. The topological polar surface area (TPSA) is 127 Å². The van der Waals surface area contributed by atoms with Gasteiger partial charge in [0.2, 0.25) is 5.96 Å². The molecule has 0 saturated heterocycles. The van der Waals surface area contributed by atoms with Gasteiger partial charge in [0.25, 0.3) is 0 Å². The Hall–Kier alpha value is -1.41. The van der Waals surface area contributed by atoms with E-state index in [9.17, 15) is 0 Å². The van der Waals surface area contributed by atoms with E-state index in [2.05, 4.69) is 32.9 Å². The number of rotatable bonds is 3. The summed E-state index contributed by atoms with van der Waals surface area (Å²) in [4.78, 5) is 0. The number of hydrazone groups is 1. The van der Waals surface area contributed by atoms with E-state index in [4.69, 9.17) is 17.2 Å². The van der Waals surface area contributed by atoms with Gasteiger partial charge in [-0.3, -0.25) is 5.43 Å². The molecule has 9 heteroatoms. The van der Waals surface area contributed by atoms with Gasteiger partial charge < -0.3 is 17.2 Å². The van der Waals surface area contributed by atoms with Crippen molar-refractivity contribution in [1.82, 2.24) is 5.43 Å². The summed E-state index contributed by atoms with van der Waals surface area (Å²) in [7, 11) is 0. The van der Waals surface area contributed by atoms with Crippen LogP contribution in [0, 0.1) is 0 Å². The maximum Gasteiger partial charge on any atom is 0.211 e. The first kappa shape index (κ1) is 15.1. The summed E-state index contributed by atoms with van der Waals surface area (Å²) in [5, 5.41) is 10.7. The van der Waals surface area contributed by atoms with Crippen molar-refractivity contribution in [2.24, 2.45) is 32.5 Å². The molecule has 0 unspecified atom stereocenters. The molecular weight excluding hydrogens is 226 g/mol. The molecule has 0 aliphatic heterocycles. The highest BCUT2D eigenvalue weighted by atomic mass is 35.5. The molecule has 0 aromatic carbocycles. The number of hydrogen-bond donors (Lipinski definition) is 4. The van der Waals surface area contributed by atoms with E-state index in [1.165, 1.54) is 6.21 Å². The summed E-state index contributed by atoms with van der Waals surface area (Å²) in [5.41, 5.74) is 18.0. The molecule has 7 nitrogen and oxygen atoms in total. The molecule has 7 N–H and O–H groups in total. The molecular formula is C5H12ClN7S. The molecule has 0 atom stereocenters. The van der Waals surface area contributed by atoms with Crippen LogP contribution in [0.1, 0.15) is 6.92 Å². The second-order valence-corrected chi connectivity index (χ2v) is 2.44. The Morgan fingerprint density at radius 1 is 1.29 bits per heavy atom. The fourth-order valence-electron chi connectivity index (χ4n) is 0.352. The van der Waals surface area contributed by atoms with Gasteiger partial charge in [-0.1, -0.05) is 0 Å². The van der Waals surface area contributed by atoms with E-state index in [-0.39, 0.29) is 23.5 Å². The summed E-state index contributed by atoms with van der Waals surface area (Å²) < 4.78 is 0. The smallest absolute Gasteiger partial charge is 0.211 e. The van der Waals surface area contributed by atoms with Gasteiger partial charge in [-0.05, 0) is 19.1 Å². The normalized spacial score (nSPS) is 10.5. The molecule has 0 saturated carbocycles. The predicted octanol–water partition coefficient (Wildman–Crippen LogP) is -1.12. The van der Waals surface area contributed by atoms with Crippen molar-refractivity contribution in [3.8, 4) is 0 Å². The number of nitrogens with one attached hydrogen (secondary N) is 1. The third-order valence-electron chi connectivity index (χ3n) is 0.749. The van der Waals surface area contributed by atoms with E-state index in [0.717, 1.165) is 0 Å². The largest absolute Gasteiger partial charge is 0.375 e. The summed E-state index contributed by atoms with van der Waals surface area (Å²) in [6, 6.07) is 0. The van der Waals surface area contributed by atoms with Crippen molar-refractivity contribution >= 4 is 47.6 Å². The highest BCUT2D eigenvalue weighted by molar-refractivity contribution is 7.80. The van der Waals surface area contributed by atoms with Gasteiger partial charge in [-0.2, -0.15) is 10.2 Å². The van der Waals surface area contributed by atoms with Crippen molar-refractivity contribution in [3.63, 3.8) is 0 Å². The Kier molecular flexibility index (Phi) is 8.83. The van der Waals surface area contributed by atoms with Crippen LogP contribution in [0.15, 0.2) is 15.3 Å². The SMILES string of the molecule is CC(/C=N/NC(N)=S)=N\N=C(N)N.Cl. The second kappa shape index (κ2) is 8.20. The fourth-order valence-corrected chi connectivity index (χ4v) is 0.404. The van der Waals surface area contributed by atoms with Crippen molar-refractivity contribution in [2.75, 3.05) is 0 Å². The van der Waals surface area contributed by atoms with Gasteiger partial charge in [-0.15, -0.1) is 17.5 Å². The van der Waals surface area contributed by atoms with Gasteiger partial charge in [0.15, 0.2) is 5.11 Å². The number of thiocarbonyl (C=S) groups is 1. The van der Waals surface area contributed by atoms with E-state index >= 15 is 0 Å². The summed E-state index contributed by atoms with van der Waals surface area (Å²) in [6.45, 7) is 1.66. The zero-order valence-corrected chi connectivity index (χ0v) is 9.10. The lowest BCUT2D eigenvalue weighted by molar-refractivity contribution is 1.04. The molecule has 0 heterocycles. The minimum absolute atomic E-state index is 0. The average molecular weight is 238 g/mol. The summed E-state index contributed by atoms with van der Waals surface area (Å²) >= 11 is 4.50. The van der Waals surface area contributed by atoms with Gasteiger partial charge in [0.1, 0.15) is 0 Å². The molecule has 80 valence electrons. The predicted molar refractivity (Wildman–Crippen MR) is 64.6 cm³/mol. The molecule has 0 amide bonds. The molecule has 0 spiro atoms. The second-order valence-electron chi connectivity index (χ2n) is 2.00. The maximum absolute atomic E-state index is 5.10. The van der Waals surface area contributed by atoms with Crippen LogP contribution in [0.2, 0.25) is 0 Å². The lowest BCUT2D eigenvalue weighted by Gasteiger charge is -1.92. The van der Waals surface area contributed by atoms with Crippen molar-refractivity contribution < 1.29 is 0 Å². The number of nitrogens with two attached hydrogens (primary N) is 3. The van der Waals surface area contributed by atoms with E-state index in [0.29, 0.717) is 5.71 Å². The van der Waals surface area contributed by atoms with E-state index in [1.807, 2.05) is 0 Å². The number of guanidine groups is 1. The zero-order chi connectivity index (χ0) is 10.3. The Balaban J connectivity index is 0. The number of halogens is 1. The Morgan fingerprint density at radius 2 is 1.86 bits per heavy atom. The van der Waals surface area contributed by atoms with Crippen LogP contribution >= 0.6 is 24.6 Å². The summed E-state index contributed by atoms with van der Waals surface area (Å²) in [6.07, 6.45) is 1.38. The molecule has 0 aliphatic carbocycles. The molecule has 14 heavy (non-hydrogen) atoms. The van der Waals surface area contributed by atoms with E-state index in [1.54, 1.807) is 6.92 Å². The Bertz CT molecular complexity index is 267. The van der Waals surface area contributed by atoms with Gasteiger partial charge >= 0.3 is 0 Å². The molecule has 0 fully saturated rings. The quantitative estimate of drug-likeness (QED) is 0.214. The standard InChI is InChI=1S/C5H11N7S.ClH/c1-3(10-11-4(6)7)2-9-12-5(8)13;/h2H,1H3,(H4,6,7,11)(H3,8,12,13);1H/b9-2+,10-3+;. The van der Waals surface area contributed by atoms with Crippen LogP contribution in [0.5, 0.6) is 0 Å². The van der Waals surface area contributed by atoms with Gasteiger partial charge in [0.05, 0.1) is 11.9 Å². The molecule has 0 bridgehead atoms. The van der Waals surface area contributed by atoms with Crippen LogP contribution in [-0.2, 0) is 0 Å². The van der Waals surface area contributed by atoms with Crippen molar-refractivity contribution in [2.45, 2.75) is 6.92 Å². The minimum Gasteiger partial charge on any atom is -0.375 e. The maximum atomic E-state index is 5.10. The van der Waals surface area contributed by atoms with Crippen LogP contribution in [-0.4, -0.2) is 23.0 Å². The van der Waals surface area contributed by atoms with Gasteiger partial charge in [-0.25, -0.2) is 0 Å². The molecule has 0 aliphatic rings. The molecule has 0 radical (unpaired) electrons. The van der Waals surface area contributed by atoms with Crippen LogP contribution in [0.25, 0.3) is 0 Å². The van der Waals surface area contributed by atoms with Crippen molar-refractivity contribution in [3.05, 3.63) is 0 Å². The van der Waals surface area contributed by atoms with Crippen LogP contribution < -0.4 is 22.6 Å². The highest BCUT2D eigenvalue weighted by Crippen LogP contribution is 1.75. The zero-order valence-electron chi connectivity index (χ0n) is 7.47. The average Bonchev–Trinajstić information content (AvgIpc) is 2.00. The third kappa shape index (κ3) is 10.6. The number of hydrogen-bond acceptors (Lipinski definition) is 4. The third-order valence-corrected chi connectivity index (χ3v) is 0.841. The Morgan fingerprint density at radius 3 is 2.29 bits per heavy atom. The molecule has 0 rings (SSSR count). The van der Waals surface area contributed by atoms with Crippen LogP contribution in [0.3, 0.4) is 0 Å². The monoisotopic (exact) mass is 237 g/mol. The minimum atomic E-state index is -0.116. The van der Waals surface area contributed by atoms with Crippen molar-refractivity contribution in [1.29, 1.82) is 0 Å². The fraction of sp³-hybridized carbons (Fsp3) is 0.200. The first-order chi connectivity index (χ1) is 6.02. The number of nitrogens with zero attached hydrogens (tertiary/aromatic N) is 3. The lowest BCUT2D eigenvalue weighted by Crippen LogP contribution is -2.24. The first-order valence-electron chi connectivity index (χ1n) is 3.24. The Labute approximate surface area is 92.9 Å². The molecule has 0 aromatic rings. The van der Waals surface area contributed by atoms with Crippen LogP contribution in [0.4, 0.5) is 0 Å². The van der Waals surface area contributed by atoms with E-state index < -0.39 is 0 Å².